The van der Waals surface area contributed by atoms with Crippen molar-refractivity contribution in [1.29, 1.82) is 0 Å². The minimum Gasteiger partial charge on any atom is -0.392 e. The van der Waals surface area contributed by atoms with Crippen LogP contribution in [-0.4, -0.2) is 28.0 Å². The lowest BCUT2D eigenvalue weighted by Gasteiger charge is -2.17. The average Bonchev–Trinajstić information content (AvgIpc) is 2.70. The molecule has 1 aliphatic heterocycles. The van der Waals surface area contributed by atoms with Crippen molar-refractivity contribution in [3.05, 3.63) is 29.8 Å². The highest BCUT2D eigenvalue weighted by atomic mass is 32.2. The monoisotopic (exact) mass is 264 g/mol. The van der Waals surface area contributed by atoms with Crippen LogP contribution in [0.5, 0.6) is 0 Å². The molecular weight excluding hydrogens is 248 g/mol. The van der Waals surface area contributed by atoms with E-state index < -0.39 is 0 Å². The van der Waals surface area contributed by atoms with Gasteiger partial charge in [0.05, 0.1) is 18.0 Å². The summed E-state index contributed by atoms with van der Waals surface area (Å²) < 4.78 is 0. The van der Waals surface area contributed by atoms with Gasteiger partial charge in [-0.15, -0.1) is 0 Å². The maximum Gasteiger partial charge on any atom is 0.243 e. The maximum atomic E-state index is 11.9. The van der Waals surface area contributed by atoms with Gasteiger partial charge in [0.1, 0.15) is 0 Å². The number of nitrogens with zero attached hydrogens (tertiary/aromatic N) is 2. The number of amidine groups is 1. The zero-order valence-corrected chi connectivity index (χ0v) is 11.3. The summed E-state index contributed by atoms with van der Waals surface area (Å²) in [5.74, 6) is 0.490. The van der Waals surface area contributed by atoms with Crippen molar-refractivity contribution in [3.8, 4) is 0 Å². The third kappa shape index (κ3) is 2.73. The number of carbonyl (C=O) groups is 1. The first kappa shape index (κ1) is 13.1. The molecule has 0 aromatic heterocycles. The van der Waals surface area contributed by atoms with Gasteiger partial charge < -0.3 is 5.11 Å². The fraction of sp³-hybridized carbons (Fsp3) is 0.385. The lowest BCUT2D eigenvalue weighted by Crippen LogP contribution is -2.29. The minimum atomic E-state index is 0.00984. The van der Waals surface area contributed by atoms with Crippen LogP contribution in [-0.2, 0) is 11.4 Å². The van der Waals surface area contributed by atoms with E-state index in [9.17, 15) is 4.79 Å². The number of anilines is 1. The van der Waals surface area contributed by atoms with E-state index in [0.29, 0.717) is 5.75 Å². The van der Waals surface area contributed by atoms with E-state index in [0.717, 1.165) is 16.4 Å². The number of carbonyl (C=O) groups excluding carboxylic acids is 1. The Hall–Kier alpha value is -1.33. The van der Waals surface area contributed by atoms with Crippen LogP contribution in [0.15, 0.2) is 29.3 Å². The Morgan fingerprint density at radius 3 is 2.61 bits per heavy atom. The van der Waals surface area contributed by atoms with Crippen molar-refractivity contribution in [2.24, 2.45) is 4.99 Å². The minimum absolute atomic E-state index is 0.00984. The predicted octanol–water partition coefficient (Wildman–Crippen LogP) is 2.02. The molecule has 0 unspecified atom stereocenters. The Morgan fingerprint density at radius 2 is 2.06 bits per heavy atom. The topological polar surface area (TPSA) is 52.9 Å². The Labute approximate surface area is 111 Å². The number of aliphatic hydroxyl groups excluding tert-OH is 1. The second-order valence-electron chi connectivity index (χ2n) is 4.35. The molecule has 5 heteroatoms. The predicted molar refractivity (Wildman–Crippen MR) is 74.9 cm³/mol. The molecule has 1 amide bonds. The number of amides is 1. The summed E-state index contributed by atoms with van der Waals surface area (Å²) in [6.45, 7) is 3.99. The van der Waals surface area contributed by atoms with Crippen LogP contribution < -0.4 is 4.90 Å². The fourth-order valence-corrected chi connectivity index (χ4v) is 2.69. The molecule has 0 saturated carbocycles. The lowest BCUT2D eigenvalue weighted by atomic mass is 10.2. The van der Waals surface area contributed by atoms with Crippen molar-refractivity contribution in [3.63, 3.8) is 0 Å². The van der Waals surface area contributed by atoms with E-state index in [1.807, 2.05) is 38.1 Å². The molecule has 96 valence electrons. The highest BCUT2D eigenvalue weighted by molar-refractivity contribution is 8.15. The molecule has 18 heavy (non-hydrogen) atoms. The number of aliphatic hydroxyl groups is 1. The molecular formula is C13H16N2O2S. The first-order chi connectivity index (χ1) is 8.61. The third-order valence-corrected chi connectivity index (χ3v) is 3.45. The zero-order chi connectivity index (χ0) is 13.1. The van der Waals surface area contributed by atoms with E-state index in [1.54, 1.807) is 4.90 Å². The van der Waals surface area contributed by atoms with Gasteiger partial charge in [-0.25, -0.2) is 0 Å². The van der Waals surface area contributed by atoms with Crippen molar-refractivity contribution in [1.82, 2.24) is 0 Å². The molecule has 0 aliphatic carbocycles. The quantitative estimate of drug-likeness (QED) is 0.908. The van der Waals surface area contributed by atoms with Gasteiger partial charge in [0.25, 0.3) is 0 Å². The number of hydrogen-bond donors (Lipinski definition) is 1. The SMILES string of the molecule is CC(C)/N=C1\SCC(=O)N1c1ccc(CO)cc1. The van der Waals surface area contributed by atoms with Gasteiger partial charge >= 0.3 is 0 Å². The third-order valence-electron chi connectivity index (χ3n) is 2.51. The molecule has 0 bridgehead atoms. The number of aliphatic imine (C=N–C) groups is 1. The molecule has 0 spiro atoms. The maximum absolute atomic E-state index is 11.9. The summed E-state index contributed by atoms with van der Waals surface area (Å²) in [5.41, 5.74) is 1.64. The van der Waals surface area contributed by atoms with Gasteiger partial charge in [0.15, 0.2) is 5.17 Å². The Balaban J connectivity index is 2.30. The van der Waals surface area contributed by atoms with E-state index in [2.05, 4.69) is 4.99 Å². The summed E-state index contributed by atoms with van der Waals surface area (Å²) in [5, 5.41) is 9.76. The van der Waals surface area contributed by atoms with Gasteiger partial charge in [0, 0.05) is 6.04 Å². The Morgan fingerprint density at radius 1 is 1.39 bits per heavy atom. The molecule has 2 rings (SSSR count). The first-order valence-electron chi connectivity index (χ1n) is 5.85. The summed E-state index contributed by atoms with van der Waals surface area (Å²) >= 11 is 1.47. The van der Waals surface area contributed by atoms with E-state index in [4.69, 9.17) is 5.11 Å². The van der Waals surface area contributed by atoms with Crippen LogP contribution in [0.4, 0.5) is 5.69 Å². The fourth-order valence-electron chi connectivity index (χ4n) is 1.68. The molecule has 1 N–H and O–H groups in total. The van der Waals surface area contributed by atoms with Crippen molar-refractivity contribution in [2.45, 2.75) is 26.5 Å². The summed E-state index contributed by atoms with van der Waals surface area (Å²) in [4.78, 5) is 18.0. The van der Waals surface area contributed by atoms with Crippen LogP contribution >= 0.6 is 11.8 Å². The number of rotatable bonds is 3. The Kier molecular flexibility index (Phi) is 4.04. The summed E-state index contributed by atoms with van der Waals surface area (Å²) in [6, 6.07) is 7.48. The molecule has 1 aliphatic rings. The molecule has 1 heterocycles. The molecule has 1 aromatic rings. The van der Waals surface area contributed by atoms with Gasteiger partial charge in [-0.2, -0.15) is 0 Å². The molecule has 1 saturated heterocycles. The summed E-state index contributed by atoms with van der Waals surface area (Å²) in [6.07, 6.45) is 0. The highest BCUT2D eigenvalue weighted by Crippen LogP contribution is 2.27. The zero-order valence-electron chi connectivity index (χ0n) is 10.5. The molecule has 4 nitrogen and oxygen atoms in total. The van der Waals surface area contributed by atoms with Gasteiger partial charge in [-0.3, -0.25) is 14.7 Å². The normalized spacial score (nSPS) is 18.1. The highest BCUT2D eigenvalue weighted by Gasteiger charge is 2.29. The van der Waals surface area contributed by atoms with E-state index >= 15 is 0 Å². The largest absolute Gasteiger partial charge is 0.392 e. The van der Waals surface area contributed by atoms with Crippen molar-refractivity contribution < 1.29 is 9.90 Å². The van der Waals surface area contributed by atoms with Gasteiger partial charge in [-0.1, -0.05) is 23.9 Å². The second kappa shape index (κ2) is 5.54. The van der Waals surface area contributed by atoms with E-state index in [1.165, 1.54) is 11.8 Å². The van der Waals surface area contributed by atoms with Crippen molar-refractivity contribution in [2.75, 3.05) is 10.7 Å². The second-order valence-corrected chi connectivity index (χ2v) is 5.29. The number of thioether (sulfide) groups is 1. The smallest absolute Gasteiger partial charge is 0.243 e. The first-order valence-corrected chi connectivity index (χ1v) is 6.83. The number of benzene rings is 1. The lowest BCUT2D eigenvalue weighted by molar-refractivity contribution is -0.115. The summed E-state index contributed by atoms with van der Waals surface area (Å²) in [7, 11) is 0. The molecule has 1 fully saturated rings. The van der Waals surface area contributed by atoms with Crippen LogP contribution in [0.1, 0.15) is 19.4 Å². The van der Waals surface area contributed by atoms with Crippen LogP contribution in [0.2, 0.25) is 0 Å². The Bertz CT molecular complexity index is 468. The van der Waals surface area contributed by atoms with E-state index in [-0.39, 0.29) is 18.6 Å². The average molecular weight is 264 g/mol. The molecule has 0 radical (unpaired) electrons. The molecule has 1 aromatic carbocycles. The van der Waals surface area contributed by atoms with Gasteiger partial charge in [0.2, 0.25) is 5.91 Å². The van der Waals surface area contributed by atoms with Crippen LogP contribution in [0, 0.1) is 0 Å². The number of hydrogen-bond acceptors (Lipinski definition) is 4. The van der Waals surface area contributed by atoms with Crippen LogP contribution in [0.3, 0.4) is 0 Å². The standard InChI is InChI=1S/C13H16N2O2S/c1-9(2)14-13-15(12(17)8-18-13)11-5-3-10(7-16)4-6-11/h3-6,9,16H,7-8H2,1-2H3/b14-13-. The van der Waals surface area contributed by atoms with Crippen LogP contribution in [0.25, 0.3) is 0 Å². The molecule has 0 atom stereocenters. The van der Waals surface area contributed by atoms with Crippen molar-refractivity contribution >= 4 is 28.5 Å². The van der Waals surface area contributed by atoms with Gasteiger partial charge in [-0.05, 0) is 31.5 Å².